The molecule has 14 nitrogen and oxygen atoms in total. The number of halogens is 5. The molecule has 19 heteroatoms. The number of amides is 3. The number of nitrogens with one attached hydrogen (secondary N) is 2. The van der Waals surface area contributed by atoms with E-state index in [0.29, 0.717) is 0 Å². The molecule has 2 aromatic rings. The first-order valence-corrected chi connectivity index (χ1v) is 13.7. The van der Waals surface area contributed by atoms with Crippen molar-refractivity contribution in [3.05, 3.63) is 56.5 Å². The van der Waals surface area contributed by atoms with Crippen molar-refractivity contribution in [2.45, 2.75) is 30.7 Å². The van der Waals surface area contributed by atoms with Crippen LogP contribution in [0.25, 0.3) is 0 Å². The van der Waals surface area contributed by atoms with Crippen LogP contribution in [0.3, 0.4) is 0 Å². The van der Waals surface area contributed by atoms with Crippen LogP contribution in [0.1, 0.15) is 23.6 Å². The molecule has 1 aliphatic heterocycles. The Morgan fingerprint density at radius 1 is 1.07 bits per heavy atom. The standard InChI is InChI=1S/C25H21Br2F3N4O10/c26-13-7-11(8-14(27)19(13)35)18(23(40)41)34-9-16(21(34)37)31-20(36)17(33-43)10-1-3-12(4-2-10)44-6-5-15(22(38)39)32-24(42)25(28,29)30/h1-4,7-8,15-16,18,35,43H,5-6,9H2,(H,31,36)(H,32,42)(H,38,39)(H,40,41)/b33-17-. The quantitative estimate of drug-likeness (QED) is 0.0804. The Morgan fingerprint density at radius 3 is 2.14 bits per heavy atom. The normalized spacial score (nSPS) is 16.4. The van der Waals surface area contributed by atoms with Crippen molar-refractivity contribution in [2.75, 3.05) is 13.2 Å². The number of rotatable bonds is 12. The first-order valence-electron chi connectivity index (χ1n) is 12.1. The van der Waals surface area contributed by atoms with E-state index in [0.717, 1.165) is 4.90 Å². The number of aliphatic carboxylic acids is 2. The van der Waals surface area contributed by atoms with E-state index in [9.17, 15) is 52.6 Å². The van der Waals surface area contributed by atoms with Gasteiger partial charge in [0.15, 0.2) is 11.8 Å². The third kappa shape index (κ3) is 7.95. The molecule has 0 aliphatic carbocycles. The summed E-state index contributed by atoms with van der Waals surface area (Å²) >= 11 is 6.21. The van der Waals surface area contributed by atoms with Gasteiger partial charge in [0.1, 0.15) is 23.6 Å². The van der Waals surface area contributed by atoms with Gasteiger partial charge in [0.05, 0.1) is 22.1 Å². The highest BCUT2D eigenvalue weighted by Crippen LogP contribution is 2.37. The van der Waals surface area contributed by atoms with Gasteiger partial charge in [-0.05, 0) is 73.8 Å². The summed E-state index contributed by atoms with van der Waals surface area (Å²) in [5.74, 6) is -7.28. The number of ether oxygens (including phenoxy) is 1. The lowest BCUT2D eigenvalue weighted by Gasteiger charge is -2.42. The van der Waals surface area contributed by atoms with Crippen molar-refractivity contribution in [1.29, 1.82) is 0 Å². The monoisotopic (exact) mass is 752 g/mol. The summed E-state index contributed by atoms with van der Waals surface area (Å²) < 4.78 is 42.8. The number of carboxylic acid groups (broad SMARTS) is 2. The van der Waals surface area contributed by atoms with Crippen LogP contribution in [-0.2, 0) is 24.0 Å². The van der Waals surface area contributed by atoms with Crippen LogP contribution in [0.2, 0.25) is 0 Å². The zero-order chi connectivity index (χ0) is 32.9. The molecular weight excluding hydrogens is 733 g/mol. The van der Waals surface area contributed by atoms with Gasteiger partial charge in [-0.15, -0.1) is 0 Å². The zero-order valence-electron chi connectivity index (χ0n) is 21.8. The molecule has 3 amide bonds. The highest BCUT2D eigenvalue weighted by Gasteiger charge is 2.46. The second-order valence-electron chi connectivity index (χ2n) is 9.06. The van der Waals surface area contributed by atoms with Crippen molar-refractivity contribution in [3.8, 4) is 11.5 Å². The molecule has 3 unspecified atom stereocenters. The lowest BCUT2D eigenvalue weighted by molar-refractivity contribution is -0.175. The molecular formula is C25H21Br2F3N4O10. The lowest BCUT2D eigenvalue weighted by atomic mass is 9.97. The van der Waals surface area contributed by atoms with Gasteiger partial charge < -0.3 is 40.8 Å². The molecule has 1 fully saturated rings. The van der Waals surface area contributed by atoms with E-state index in [2.05, 4.69) is 42.3 Å². The second kappa shape index (κ2) is 13.9. The van der Waals surface area contributed by atoms with Crippen molar-refractivity contribution >= 4 is 67.2 Å². The molecule has 236 valence electrons. The predicted molar refractivity (Wildman–Crippen MR) is 148 cm³/mol. The van der Waals surface area contributed by atoms with E-state index in [1.54, 1.807) is 0 Å². The van der Waals surface area contributed by atoms with Gasteiger partial charge in [0.2, 0.25) is 5.91 Å². The van der Waals surface area contributed by atoms with E-state index in [-0.39, 0.29) is 38.1 Å². The Bertz CT molecular complexity index is 1480. The maximum Gasteiger partial charge on any atom is 0.471 e. The van der Waals surface area contributed by atoms with E-state index >= 15 is 0 Å². The first-order chi connectivity index (χ1) is 20.5. The molecule has 0 aromatic heterocycles. The third-order valence-electron chi connectivity index (χ3n) is 6.15. The summed E-state index contributed by atoms with van der Waals surface area (Å²) in [5.41, 5.74) is -0.314. The Hall–Kier alpha value is -4.39. The molecule has 3 rings (SSSR count). The molecule has 3 atom stereocenters. The molecule has 0 radical (unpaired) electrons. The zero-order valence-corrected chi connectivity index (χ0v) is 25.0. The average Bonchev–Trinajstić information content (AvgIpc) is 2.94. The molecule has 6 N–H and O–H groups in total. The Balaban J connectivity index is 1.59. The smallest absolute Gasteiger partial charge is 0.471 e. The minimum atomic E-state index is -5.27. The van der Waals surface area contributed by atoms with Crippen LogP contribution in [0.4, 0.5) is 13.2 Å². The minimum Gasteiger partial charge on any atom is -0.506 e. The van der Waals surface area contributed by atoms with E-state index in [4.69, 9.17) is 9.84 Å². The maximum absolute atomic E-state index is 12.8. The number of hydrogen-bond acceptors (Lipinski definition) is 9. The summed E-state index contributed by atoms with van der Waals surface area (Å²) in [6.45, 7) is -0.616. The fourth-order valence-corrected chi connectivity index (χ4v) is 5.18. The van der Waals surface area contributed by atoms with Crippen LogP contribution in [0.15, 0.2) is 50.5 Å². The van der Waals surface area contributed by atoms with E-state index in [1.165, 1.54) is 41.7 Å². The summed E-state index contributed by atoms with van der Waals surface area (Å²) in [6, 6.07) is 3.29. The van der Waals surface area contributed by atoms with Gasteiger partial charge in [-0.2, -0.15) is 13.2 Å². The number of phenolic OH excluding ortho intramolecular Hbond substituents is 1. The maximum atomic E-state index is 12.8. The lowest BCUT2D eigenvalue weighted by Crippen LogP contribution is -2.66. The number of carbonyl (C=O) groups excluding carboxylic acids is 3. The van der Waals surface area contributed by atoms with Crippen LogP contribution in [-0.4, -0.2) is 92.2 Å². The van der Waals surface area contributed by atoms with Gasteiger partial charge in [-0.1, -0.05) is 5.16 Å². The summed E-state index contributed by atoms with van der Waals surface area (Å²) in [4.78, 5) is 60.7. The molecule has 1 saturated heterocycles. The van der Waals surface area contributed by atoms with Gasteiger partial charge in [-0.3, -0.25) is 14.4 Å². The molecule has 1 aliphatic rings. The second-order valence-corrected chi connectivity index (χ2v) is 10.8. The number of hydrogen-bond donors (Lipinski definition) is 6. The highest BCUT2D eigenvalue weighted by molar-refractivity contribution is 9.11. The highest BCUT2D eigenvalue weighted by atomic mass is 79.9. The van der Waals surface area contributed by atoms with E-state index in [1.807, 2.05) is 0 Å². The molecule has 0 saturated carbocycles. The van der Waals surface area contributed by atoms with Gasteiger partial charge in [0.25, 0.3) is 5.91 Å². The number of oxime groups is 1. The number of alkyl halides is 3. The Morgan fingerprint density at radius 2 is 1.66 bits per heavy atom. The van der Waals surface area contributed by atoms with Crippen molar-refractivity contribution in [3.63, 3.8) is 0 Å². The van der Waals surface area contributed by atoms with Crippen molar-refractivity contribution in [1.82, 2.24) is 15.5 Å². The number of phenols is 1. The molecule has 0 spiro atoms. The number of carboxylic acids is 2. The summed E-state index contributed by atoms with van der Waals surface area (Å²) in [6.07, 6.45) is -5.78. The number of carbonyl (C=O) groups is 5. The summed E-state index contributed by atoms with van der Waals surface area (Å²) in [7, 11) is 0. The van der Waals surface area contributed by atoms with Gasteiger partial charge in [0, 0.05) is 12.0 Å². The largest absolute Gasteiger partial charge is 0.506 e. The third-order valence-corrected chi connectivity index (χ3v) is 7.35. The van der Waals surface area contributed by atoms with E-state index < -0.39 is 72.7 Å². The molecule has 1 heterocycles. The Kier molecular flexibility index (Phi) is 10.8. The molecule has 2 aromatic carbocycles. The van der Waals surface area contributed by atoms with Crippen LogP contribution < -0.4 is 15.4 Å². The molecule has 44 heavy (non-hydrogen) atoms. The van der Waals surface area contributed by atoms with Crippen LogP contribution in [0, 0.1) is 0 Å². The number of likely N-dealkylation sites (tertiary alicyclic amines) is 1. The van der Waals surface area contributed by atoms with Gasteiger partial charge in [-0.25, -0.2) is 9.59 Å². The van der Waals surface area contributed by atoms with Crippen LogP contribution >= 0.6 is 31.9 Å². The first kappa shape index (κ1) is 34.1. The average molecular weight is 754 g/mol. The molecule has 0 bridgehead atoms. The SMILES string of the molecule is O=C(NC1CN(C(C(=O)O)c2cc(Br)c(O)c(Br)c2)C1=O)/C(=N\O)c1ccc(OCCC(NC(=O)C(F)(F)F)C(=O)O)cc1. The van der Waals surface area contributed by atoms with Gasteiger partial charge >= 0.3 is 24.0 Å². The minimum absolute atomic E-state index is 0.0454. The fraction of sp³-hybridized carbons (Fsp3) is 0.280. The number of nitrogens with zero attached hydrogens (tertiary/aromatic N) is 2. The number of aromatic hydroxyl groups is 1. The topological polar surface area (TPSA) is 215 Å². The summed E-state index contributed by atoms with van der Waals surface area (Å²) in [5, 5.41) is 44.7. The van der Waals surface area contributed by atoms with Crippen molar-refractivity contribution in [2.24, 2.45) is 5.16 Å². The fourth-order valence-electron chi connectivity index (χ4n) is 3.95. The van der Waals surface area contributed by atoms with Crippen LogP contribution in [0.5, 0.6) is 11.5 Å². The van der Waals surface area contributed by atoms with Crippen molar-refractivity contribution < 1.29 is 62.4 Å². The number of β-lactam (4-membered cyclic amide) rings is 1. The number of benzene rings is 2. The Labute approximate surface area is 261 Å². The predicted octanol–water partition coefficient (Wildman–Crippen LogP) is 2.15.